The van der Waals surface area contributed by atoms with Crippen LogP contribution in [0.2, 0.25) is 0 Å². The van der Waals surface area contributed by atoms with Crippen molar-refractivity contribution in [1.82, 2.24) is 5.32 Å². The van der Waals surface area contributed by atoms with Gasteiger partial charge < -0.3 is 19.5 Å². The summed E-state index contributed by atoms with van der Waals surface area (Å²) in [5.41, 5.74) is 2.26. The zero-order valence-corrected chi connectivity index (χ0v) is 17.9. The summed E-state index contributed by atoms with van der Waals surface area (Å²) in [6.45, 7) is 1.96. The molecule has 1 aromatic carbocycles. The molecule has 0 spiro atoms. The number of carbonyl (C=O) groups excluding carboxylic acids is 1. The third kappa shape index (κ3) is 4.43. The van der Waals surface area contributed by atoms with E-state index in [0.717, 1.165) is 23.3 Å². The van der Waals surface area contributed by atoms with Crippen LogP contribution in [0.3, 0.4) is 0 Å². The minimum atomic E-state index is -0.189. The van der Waals surface area contributed by atoms with Crippen molar-refractivity contribution in [2.45, 2.75) is 51.5 Å². The normalized spacial score (nSPS) is 15.0. The topological polar surface area (TPSA) is 56.8 Å². The quantitative estimate of drug-likeness (QED) is 0.743. The van der Waals surface area contributed by atoms with Crippen LogP contribution in [-0.4, -0.2) is 27.2 Å². The van der Waals surface area contributed by atoms with Crippen molar-refractivity contribution < 1.29 is 19.0 Å². The molecule has 5 nitrogen and oxygen atoms in total. The van der Waals surface area contributed by atoms with Crippen molar-refractivity contribution in [1.29, 1.82) is 0 Å². The maximum Gasteiger partial charge on any atom is 0.261 e. The fourth-order valence-electron chi connectivity index (χ4n) is 3.66. The van der Waals surface area contributed by atoms with Gasteiger partial charge in [-0.1, -0.05) is 12.8 Å². The molecule has 3 rings (SSSR count). The molecule has 1 unspecified atom stereocenters. The number of methoxy groups -OCH3 is 3. The minimum Gasteiger partial charge on any atom is -0.493 e. The number of ether oxygens (including phenoxy) is 3. The summed E-state index contributed by atoms with van der Waals surface area (Å²) in [5.74, 6) is 1.68. The second kappa shape index (κ2) is 9.32. The van der Waals surface area contributed by atoms with E-state index in [4.69, 9.17) is 14.2 Å². The number of rotatable bonds is 6. The average Bonchev–Trinajstić information content (AvgIpc) is 3.08. The van der Waals surface area contributed by atoms with Crippen molar-refractivity contribution >= 4 is 17.2 Å². The van der Waals surface area contributed by atoms with Gasteiger partial charge in [-0.2, -0.15) is 0 Å². The maximum absolute atomic E-state index is 12.9. The van der Waals surface area contributed by atoms with Crippen LogP contribution in [0.5, 0.6) is 17.2 Å². The first-order chi connectivity index (χ1) is 13.6. The second-order valence-corrected chi connectivity index (χ2v) is 8.26. The Morgan fingerprint density at radius 1 is 0.964 bits per heavy atom. The number of benzene rings is 1. The van der Waals surface area contributed by atoms with E-state index in [1.54, 1.807) is 32.7 Å². The minimum absolute atomic E-state index is 0.0296. The molecule has 1 N–H and O–H groups in total. The van der Waals surface area contributed by atoms with E-state index in [9.17, 15) is 4.79 Å². The van der Waals surface area contributed by atoms with Crippen molar-refractivity contribution in [3.05, 3.63) is 39.1 Å². The van der Waals surface area contributed by atoms with Crippen LogP contribution in [0.4, 0.5) is 0 Å². The largest absolute Gasteiger partial charge is 0.493 e. The molecule has 1 aromatic heterocycles. The summed E-state index contributed by atoms with van der Waals surface area (Å²) in [7, 11) is 4.76. The standard InChI is InChI=1S/C22H29NO4S/c1-14(16-11-17(25-2)21(27-4)18(12-16)26-3)23-22(24)20-13-15-9-7-5-6-8-10-19(15)28-20/h11-14H,5-10H2,1-4H3,(H,23,24). The van der Waals surface area contributed by atoms with Crippen LogP contribution < -0.4 is 19.5 Å². The summed E-state index contributed by atoms with van der Waals surface area (Å²) in [5, 5.41) is 3.11. The Bertz CT molecular complexity index is 779. The Kier molecular flexibility index (Phi) is 6.83. The molecule has 152 valence electrons. The molecule has 0 fully saturated rings. The van der Waals surface area contributed by atoms with E-state index < -0.39 is 0 Å². The maximum atomic E-state index is 12.9. The highest BCUT2D eigenvalue weighted by molar-refractivity contribution is 7.14. The molecule has 1 atom stereocenters. The predicted molar refractivity (Wildman–Crippen MR) is 112 cm³/mol. The van der Waals surface area contributed by atoms with Gasteiger partial charge in [0.15, 0.2) is 11.5 Å². The molecular formula is C22H29NO4S. The number of amides is 1. The van der Waals surface area contributed by atoms with E-state index >= 15 is 0 Å². The lowest BCUT2D eigenvalue weighted by Gasteiger charge is -2.18. The molecule has 0 radical (unpaired) electrons. The lowest BCUT2D eigenvalue weighted by Crippen LogP contribution is -2.26. The molecule has 0 aliphatic heterocycles. The Morgan fingerprint density at radius 2 is 1.61 bits per heavy atom. The van der Waals surface area contributed by atoms with Gasteiger partial charge in [0.1, 0.15) is 0 Å². The first-order valence-electron chi connectivity index (χ1n) is 9.79. The summed E-state index contributed by atoms with van der Waals surface area (Å²) in [6, 6.07) is 5.65. The Labute approximate surface area is 171 Å². The van der Waals surface area contributed by atoms with Crippen LogP contribution in [0.15, 0.2) is 18.2 Å². The first-order valence-corrected chi connectivity index (χ1v) is 10.6. The number of nitrogens with one attached hydrogen (secondary N) is 1. The van der Waals surface area contributed by atoms with Crippen LogP contribution in [0.1, 0.15) is 64.3 Å². The van der Waals surface area contributed by atoms with Gasteiger partial charge in [-0.05, 0) is 61.9 Å². The number of hydrogen-bond acceptors (Lipinski definition) is 5. The molecule has 1 amide bonds. The highest BCUT2D eigenvalue weighted by Crippen LogP contribution is 2.39. The number of thiophene rings is 1. The number of carbonyl (C=O) groups is 1. The number of fused-ring (bicyclic) bond motifs is 1. The molecule has 28 heavy (non-hydrogen) atoms. The molecule has 0 saturated heterocycles. The Hall–Kier alpha value is -2.21. The highest BCUT2D eigenvalue weighted by Gasteiger charge is 2.20. The number of aryl methyl sites for hydroxylation is 2. The molecule has 1 heterocycles. The van der Waals surface area contributed by atoms with E-state index in [1.807, 2.05) is 19.1 Å². The van der Waals surface area contributed by atoms with Crippen LogP contribution in [-0.2, 0) is 12.8 Å². The zero-order chi connectivity index (χ0) is 20.1. The third-order valence-electron chi connectivity index (χ3n) is 5.26. The van der Waals surface area contributed by atoms with Gasteiger partial charge in [-0.15, -0.1) is 11.3 Å². The highest BCUT2D eigenvalue weighted by atomic mass is 32.1. The van der Waals surface area contributed by atoms with Gasteiger partial charge in [0, 0.05) is 4.88 Å². The van der Waals surface area contributed by atoms with Gasteiger partial charge in [-0.3, -0.25) is 4.79 Å². The molecule has 0 bridgehead atoms. The Balaban J connectivity index is 1.78. The van der Waals surface area contributed by atoms with Crippen LogP contribution >= 0.6 is 11.3 Å². The second-order valence-electron chi connectivity index (χ2n) is 7.13. The molecule has 6 heteroatoms. The van der Waals surface area contributed by atoms with Gasteiger partial charge >= 0.3 is 0 Å². The SMILES string of the molecule is COc1cc(C(C)NC(=O)c2cc3c(s2)CCCCCC3)cc(OC)c1OC. The molecular weight excluding hydrogens is 374 g/mol. The molecule has 0 saturated carbocycles. The summed E-state index contributed by atoms with van der Waals surface area (Å²) in [6.07, 6.45) is 7.19. The fraction of sp³-hybridized carbons (Fsp3) is 0.500. The van der Waals surface area contributed by atoms with Crippen LogP contribution in [0, 0.1) is 0 Å². The fourth-order valence-corrected chi connectivity index (χ4v) is 4.82. The number of hydrogen-bond donors (Lipinski definition) is 1. The first kappa shape index (κ1) is 20.5. The van der Waals surface area contributed by atoms with Gasteiger partial charge in [0.25, 0.3) is 5.91 Å². The third-order valence-corrected chi connectivity index (χ3v) is 6.49. The van der Waals surface area contributed by atoms with Crippen LogP contribution in [0.25, 0.3) is 0 Å². The van der Waals surface area contributed by atoms with E-state index in [-0.39, 0.29) is 11.9 Å². The lowest BCUT2D eigenvalue weighted by atomic mass is 10.00. The molecule has 1 aliphatic rings. The van der Waals surface area contributed by atoms with Crippen molar-refractivity contribution in [3.8, 4) is 17.2 Å². The zero-order valence-electron chi connectivity index (χ0n) is 17.1. The van der Waals surface area contributed by atoms with Crippen molar-refractivity contribution in [2.24, 2.45) is 0 Å². The molecule has 2 aromatic rings. The smallest absolute Gasteiger partial charge is 0.261 e. The van der Waals surface area contributed by atoms with E-state index in [2.05, 4.69) is 11.4 Å². The van der Waals surface area contributed by atoms with E-state index in [1.165, 1.54) is 36.1 Å². The van der Waals surface area contributed by atoms with Gasteiger partial charge in [-0.25, -0.2) is 0 Å². The van der Waals surface area contributed by atoms with Crippen molar-refractivity contribution in [2.75, 3.05) is 21.3 Å². The predicted octanol–water partition coefficient (Wildman–Crippen LogP) is 4.92. The van der Waals surface area contributed by atoms with Gasteiger partial charge in [0.05, 0.1) is 32.2 Å². The average molecular weight is 404 g/mol. The Morgan fingerprint density at radius 3 is 2.21 bits per heavy atom. The lowest BCUT2D eigenvalue weighted by molar-refractivity contribution is 0.0943. The summed E-state index contributed by atoms with van der Waals surface area (Å²) in [4.78, 5) is 15.0. The monoisotopic (exact) mass is 403 g/mol. The summed E-state index contributed by atoms with van der Waals surface area (Å²) >= 11 is 1.64. The van der Waals surface area contributed by atoms with Gasteiger partial charge in [0.2, 0.25) is 5.75 Å². The summed E-state index contributed by atoms with van der Waals surface area (Å²) < 4.78 is 16.2. The van der Waals surface area contributed by atoms with E-state index in [0.29, 0.717) is 17.2 Å². The molecule has 1 aliphatic carbocycles. The van der Waals surface area contributed by atoms with Crippen molar-refractivity contribution in [3.63, 3.8) is 0 Å².